The van der Waals surface area contributed by atoms with Crippen LogP contribution in [0.4, 0.5) is 0 Å². The molecule has 0 fully saturated rings. The van der Waals surface area contributed by atoms with Gasteiger partial charge in [0, 0.05) is 14.7 Å². The molecule has 0 aliphatic heterocycles. The van der Waals surface area contributed by atoms with E-state index in [1.54, 1.807) is 0 Å². The highest BCUT2D eigenvalue weighted by molar-refractivity contribution is 9.11. The highest BCUT2D eigenvalue weighted by Crippen LogP contribution is 2.25. The normalized spacial score (nSPS) is 10.2. The Balaban J connectivity index is 3.24. The van der Waals surface area contributed by atoms with Gasteiger partial charge in [-0.2, -0.15) is 12.6 Å². The Morgan fingerprint density at radius 1 is 1.36 bits per heavy atom. The van der Waals surface area contributed by atoms with Crippen LogP contribution in [0.25, 0.3) is 0 Å². The molecule has 0 radical (unpaired) electrons. The molecule has 0 saturated heterocycles. The highest BCUT2D eigenvalue weighted by atomic mass is 79.9. The van der Waals surface area contributed by atoms with E-state index < -0.39 is 0 Å². The maximum absolute atomic E-state index is 4.23. The molecule has 0 unspecified atom stereocenters. The van der Waals surface area contributed by atoms with E-state index in [1.165, 1.54) is 11.1 Å². The third-order valence-electron chi connectivity index (χ3n) is 1.59. The molecule has 0 amide bonds. The molecule has 60 valence electrons. The van der Waals surface area contributed by atoms with Gasteiger partial charge < -0.3 is 0 Å². The van der Waals surface area contributed by atoms with Crippen LogP contribution in [0.3, 0.4) is 0 Å². The summed E-state index contributed by atoms with van der Waals surface area (Å²) in [6.45, 7) is 2.09. The van der Waals surface area contributed by atoms with Crippen molar-refractivity contribution in [3.05, 3.63) is 32.2 Å². The maximum atomic E-state index is 4.23. The molecule has 1 rings (SSSR count). The van der Waals surface area contributed by atoms with Gasteiger partial charge in [-0.05, 0) is 30.2 Å². The van der Waals surface area contributed by atoms with Crippen LogP contribution in [0.2, 0.25) is 0 Å². The van der Waals surface area contributed by atoms with Crippen LogP contribution in [0.5, 0.6) is 0 Å². The molecular formula is C8H8Br2S. The molecular weight excluding hydrogens is 288 g/mol. The van der Waals surface area contributed by atoms with Crippen molar-refractivity contribution in [3.63, 3.8) is 0 Å². The molecule has 0 aromatic heterocycles. The minimum absolute atomic E-state index is 0.782. The molecule has 0 heterocycles. The minimum Gasteiger partial charge on any atom is -0.175 e. The van der Waals surface area contributed by atoms with Gasteiger partial charge >= 0.3 is 0 Å². The Kier molecular flexibility index (Phi) is 3.47. The summed E-state index contributed by atoms with van der Waals surface area (Å²) in [7, 11) is 0. The average molecular weight is 296 g/mol. The van der Waals surface area contributed by atoms with Gasteiger partial charge in [-0.1, -0.05) is 31.9 Å². The van der Waals surface area contributed by atoms with Gasteiger partial charge in [0.15, 0.2) is 0 Å². The Morgan fingerprint density at radius 2 is 2.00 bits per heavy atom. The fourth-order valence-electron chi connectivity index (χ4n) is 0.863. The zero-order valence-corrected chi connectivity index (χ0v) is 10.1. The SMILES string of the molecule is Cc1c(Br)cc(Br)cc1CS. The topological polar surface area (TPSA) is 0 Å². The van der Waals surface area contributed by atoms with Crippen molar-refractivity contribution in [1.82, 2.24) is 0 Å². The second kappa shape index (κ2) is 3.97. The van der Waals surface area contributed by atoms with Gasteiger partial charge in [0.25, 0.3) is 0 Å². The van der Waals surface area contributed by atoms with Crippen LogP contribution in [0, 0.1) is 6.92 Å². The molecule has 0 bridgehead atoms. The number of hydrogen-bond acceptors (Lipinski definition) is 1. The molecule has 3 heteroatoms. The number of halogens is 2. The van der Waals surface area contributed by atoms with E-state index in [4.69, 9.17) is 0 Å². The van der Waals surface area contributed by atoms with Crippen molar-refractivity contribution in [2.45, 2.75) is 12.7 Å². The first-order valence-electron chi connectivity index (χ1n) is 3.20. The van der Waals surface area contributed by atoms with E-state index in [1.807, 2.05) is 6.07 Å². The summed E-state index contributed by atoms with van der Waals surface area (Å²) >= 11 is 11.1. The molecule has 0 aliphatic rings. The second-order valence-corrected chi connectivity index (χ2v) is 4.42. The van der Waals surface area contributed by atoms with Crippen LogP contribution in [0.15, 0.2) is 21.1 Å². The summed E-state index contributed by atoms with van der Waals surface area (Å²) in [6, 6.07) is 4.13. The minimum atomic E-state index is 0.782. The van der Waals surface area contributed by atoms with Crippen LogP contribution in [0.1, 0.15) is 11.1 Å². The van der Waals surface area contributed by atoms with E-state index in [9.17, 15) is 0 Å². The fraction of sp³-hybridized carbons (Fsp3) is 0.250. The number of benzene rings is 1. The summed E-state index contributed by atoms with van der Waals surface area (Å²) in [5.41, 5.74) is 2.53. The first-order chi connectivity index (χ1) is 5.15. The van der Waals surface area contributed by atoms with Crippen molar-refractivity contribution < 1.29 is 0 Å². The molecule has 0 saturated carbocycles. The molecule has 0 spiro atoms. The van der Waals surface area contributed by atoms with E-state index in [0.29, 0.717) is 0 Å². The van der Waals surface area contributed by atoms with Crippen molar-refractivity contribution in [2.75, 3.05) is 0 Å². The summed E-state index contributed by atoms with van der Waals surface area (Å²) in [5.74, 6) is 0.782. The van der Waals surface area contributed by atoms with Crippen LogP contribution in [-0.2, 0) is 5.75 Å². The lowest BCUT2D eigenvalue weighted by molar-refractivity contribution is 1.28. The van der Waals surface area contributed by atoms with Gasteiger partial charge in [0.1, 0.15) is 0 Å². The lowest BCUT2D eigenvalue weighted by Crippen LogP contribution is -1.86. The average Bonchev–Trinajstić information content (AvgIpc) is 1.96. The maximum Gasteiger partial charge on any atom is 0.0218 e. The smallest absolute Gasteiger partial charge is 0.0218 e. The van der Waals surface area contributed by atoms with E-state index >= 15 is 0 Å². The molecule has 0 aliphatic carbocycles. The standard InChI is InChI=1S/C8H8Br2S/c1-5-6(4-11)2-7(9)3-8(5)10/h2-3,11H,4H2,1H3. The largest absolute Gasteiger partial charge is 0.175 e. The van der Waals surface area contributed by atoms with Crippen molar-refractivity contribution >= 4 is 44.5 Å². The lowest BCUT2D eigenvalue weighted by Gasteiger charge is -2.05. The number of rotatable bonds is 1. The van der Waals surface area contributed by atoms with Crippen LogP contribution >= 0.6 is 44.5 Å². The van der Waals surface area contributed by atoms with Gasteiger partial charge in [-0.25, -0.2) is 0 Å². The Labute approximate surface area is 89.1 Å². The molecule has 0 nitrogen and oxygen atoms in total. The zero-order chi connectivity index (χ0) is 8.43. The van der Waals surface area contributed by atoms with Crippen LogP contribution in [-0.4, -0.2) is 0 Å². The fourth-order valence-corrected chi connectivity index (χ4v) is 2.51. The first-order valence-corrected chi connectivity index (χ1v) is 5.42. The molecule has 1 aromatic rings. The monoisotopic (exact) mass is 294 g/mol. The Bertz CT molecular complexity index is 271. The summed E-state index contributed by atoms with van der Waals surface area (Å²) in [4.78, 5) is 0. The molecule has 0 atom stereocenters. The lowest BCUT2D eigenvalue weighted by atomic mass is 10.1. The quantitative estimate of drug-likeness (QED) is 0.745. The van der Waals surface area contributed by atoms with Crippen molar-refractivity contribution in [1.29, 1.82) is 0 Å². The predicted octanol–water partition coefficient (Wildman–Crippen LogP) is 3.95. The van der Waals surface area contributed by atoms with Gasteiger partial charge in [0.05, 0.1) is 0 Å². The first kappa shape index (κ1) is 9.62. The van der Waals surface area contributed by atoms with E-state index in [2.05, 4.69) is 57.5 Å². The summed E-state index contributed by atoms with van der Waals surface area (Å²) < 4.78 is 2.23. The Hall–Kier alpha value is 0.530. The predicted molar refractivity (Wildman–Crippen MR) is 59.3 cm³/mol. The summed E-state index contributed by atoms with van der Waals surface area (Å²) in [5, 5.41) is 0. The highest BCUT2D eigenvalue weighted by Gasteiger charge is 2.01. The second-order valence-electron chi connectivity index (χ2n) is 2.33. The molecule has 0 N–H and O–H groups in total. The summed E-state index contributed by atoms with van der Waals surface area (Å²) in [6.07, 6.45) is 0. The zero-order valence-electron chi connectivity index (χ0n) is 6.06. The van der Waals surface area contributed by atoms with E-state index in [-0.39, 0.29) is 0 Å². The van der Waals surface area contributed by atoms with Crippen molar-refractivity contribution in [2.24, 2.45) is 0 Å². The third-order valence-corrected chi connectivity index (χ3v) is 3.21. The number of hydrogen-bond donors (Lipinski definition) is 1. The van der Waals surface area contributed by atoms with Gasteiger partial charge in [-0.15, -0.1) is 0 Å². The Morgan fingerprint density at radius 3 is 2.55 bits per heavy atom. The van der Waals surface area contributed by atoms with Crippen LogP contribution < -0.4 is 0 Å². The third kappa shape index (κ3) is 2.23. The van der Waals surface area contributed by atoms with Crippen molar-refractivity contribution in [3.8, 4) is 0 Å². The van der Waals surface area contributed by atoms with Gasteiger partial charge in [0.2, 0.25) is 0 Å². The number of thiol groups is 1. The van der Waals surface area contributed by atoms with Gasteiger partial charge in [-0.3, -0.25) is 0 Å². The molecule has 11 heavy (non-hydrogen) atoms. The molecule has 1 aromatic carbocycles. The van der Waals surface area contributed by atoms with E-state index in [0.717, 1.165) is 14.7 Å².